The van der Waals surface area contributed by atoms with Gasteiger partial charge in [0.25, 0.3) is 5.91 Å². The van der Waals surface area contributed by atoms with Crippen LogP contribution in [0.5, 0.6) is 0 Å². The molecule has 0 spiro atoms. The Morgan fingerprint density at radius 3 is 2.90 bits per heavy atom. The van der Waals surface area contributed by atoms with Gasteiger partial charge in [-0.15, -0.1) is 0 Å². The van der Waals surface area contributed by atoms with Crippen LogP contribution in [0.15, 0.2) is 36.7 Å². The molecule has 2 saturated heterocycles. The van der Waals surface area contributed by atoms with Crippen LogP contribution in [-0.2, 0) is 22.7 Å². The maximum atomic E-state index is 13.0. The molecule has 3 N–H and O–H groups in total. The van der Waals surface area contributed by atoms with Crippen LogP contribution < -0.4 is 16.0 Å². The van der Waals surface area contributed by atoms with E-state index in [1.54, 1.807) is 11.1 Å². The monoisotopic (exact) mass is 408 g/mol. The minimum Gasteiger partial charge on any atom is -0.322 e. The number of hydrogen-bond donors (Lipinski definition) is 3. The minimum atomic E-state index is -0.580. The summed E-state index contributed by atoms with van der Waals surface area (Å²) in [6.07, 6.45) is 4.40. The first kappa shape index (κ1) is 19.0. The molecule has 30 heavy (non-hydrogen) atoms. The summed E-state index contributed by atoms with van der Waals surface area (Å²) in [7, 11) is 0. The van der Waals surface area contributed by atoms with E-state index in [0.717, 1.165) is 24.2 Å². The van der Waals surface area contributed by atoms with E-state index in [1.807, 2.05) is 35.1 Å². The SMILES string of the molecule is O=C1CCC(N2Cc3ccc(CN[C@@H]4CNC[C@@H]4n4cccn4)cc3C2=O)C(=O)N1. The Hall–Kier alpha value is -3.04. The molecule has 9 heteroatoms. The van der Waals surface area contributed by atoms with E-state index in [0.29, 0.717) is 25.1 Å². The van der Waals surface area contributed by atoms with Gasteiger partial charge in [-0.3, -0.25) is 24.4 Å². The number of nitrogens with one attached hydrogen (secondary N) is 3. The smallest absolute Gasteiger partial charge is 0.255 e. The normalized spacial score (nSPS) is 26.2. The Labute approximate surface area is 173 Å². The fourth-order valence-corrected chi connectivity index (χ4v) is 4.59. The van der Waals surface area contributed by atoms with Crippen molar-refractivity contribution in [1.82, 2.24) is 30.6 Å². The van der Waals surface area contributed by atoms with Crippen molar-refractivity contribution in [3.8, 4) is 0 Å². The van der Waals surface area contributed by atoms with Crippen LogP contribution in [0.3, 0.4) is 0 Å². The number of benzene rings is 1. The molecule has 0 aliphatic carbocycles. The zero-order valence-electron chi connectivity index (χ0n) is 16.5. The highest BCUT2D eigenvalue weighted by molar-refractivity contribution is 6.05. The number of aromatic nitrogens is 2. The number of amides is 3. The minimum absolute atomic E-state index is 0.140. The fourth-order valence-electron chi connectivity index (χ4n) is 4.59. The average molecular weight is 408 g/mol. The Bertz CT molecular complexity index is 989. The van der Waals surface area contributed by atoms with Gasteiger partial charge in [0.05, 0.1) is 6.04 Å². The van der Waals surface area contributed by atoms with E-state index in [2.05, 4.69) is 21.0 Å². The van der Waals surface area contributed by atoms with Gasteiger partial charge in [-0.2, -0.15) is 5.10 Å². The lowest BCUT2D eigenvalue weighted by Crippen LogP contribution is -2.52. The Morgan fingerprint density at radius 1 is 1.20 bits per heavy atom. The molecule has 3 aliphatic heterocycles. The molecule has 5 rings (SSSR count). The number of hydrogen-bond acceptors (Lipinski definition) is 6. The van der Waals surface area contributed by atoms with Crippen molar-refractivity contribution in [2.75, 3.05) is 13.1 Å². The van der Waals surface area contributed by atoms with E-state index in [9.17, 15) is 14.4 Å². The van der Waals surface area contributed by atoms with E-state index in [1.165, 1.54) is 0 Å². The van der Waals surface area contributed by atoms with Crippen LogP contribution in [0.2, 0.25) is 0 Å². The molecule has 1 aromatic carbocycles. The largest absolute Gasteiger partial charge is 0.322 e. The summed E-state index contributed by atoms with van der Waals surface area (Å²) < 4.78 is 1.97. The quantitative estimate of drug-likeness (QED) is 0.599. The Kier molecular flexibility index (Phi) is 4.84. The van der Waals surface area contributed by atoms with Crippen molar-refractivity contribution in [3.63, 3.8) is 0 Å². The molecule has 1 aromatic heterocycles. The highest BCUT2D eigenvalue weighted by Crippen LogP contribution is 2.28. The molecule has 2 fully saturated rings. The molecule has 2 aromatic rings. The van der Waals surface area contributed by atoms with Gasteiger partial charge in [-0.05, 0) is 29.7 Å². The van der Waals surface area contributed by atoms with Crippen LogP contribution in [0.25, 0.3) is 0 Å². The molecular formula is C21H24N6O3. The van der Waals surface area contributed by atoms with Gasteiger partial charge < -0.3 is 15.5 Å². The second-order valence-corrected chi connectivity index (χ2v) is 8.09. The molecule has 0 radical (unpaired) electrons. The zero-order valence-corrected chi connectivity index (χ0v) is 16.5. The lowest BCUT2D eigenvalue weighted by molar-refractivity contribution is -0.136. The van der Waals surface area contributed by atoms with Crippen LogP contribution in [-0.4, -0.2) is 57.6 Å². The maximum absolute atomic E-state index is 13.0. The summed E-state index contributed by atoms with van der Waals surface area (Å²) >= 11 is 0. The molecule has 0 bridgehead atoms. The lowest BCUT2D eigenvalue weighted by atomic mass is 10.0. The van der Waals surface area contributed by atoms with Gasteiger partial charge in [-0.1, -0.05) is 12.1 Å². The van der Waals surface area contributed by atoms with E-state index in [-0.39, 0.29) is 36.2 Å². The predicted octanol–water partition coefficient (Wildman–Crippen LogP) is -0.0532. The number of imide groups is 1. The summed E-state index contributed by atoms with van der Waals surface area (Å²) in [5, 5.41) is 13.7. The summed E-state index contributed by atoms with van der Waals surface area (Å²) in [6, 6.07) is 7.75. The predicted molar refractivity (Wildman–Crippen MR) is 107 cm³/mol. The van der Waals surface area contributed by atoms with E-state index >= 15 is 0 Å². The second kappa shape index (κ2) is 7.66. The van der Waals surface area contributed by atoms with Gasteiger partial charge in [0.1, 0.15) is 6.04 Å². The van der Waals surface area contributed by atoms with Crippen LogP contribution in [0.4, 0.5) is 0 Å². The third kappa shape index (κ3) is 3.40. The topological polar surface area (TPSA) is 108 Å². The van der Waals surface area contributed by atoms with Crippen LogP contribution in [0, 0.1) is 0 Å². The molecule has 3 amide bonds. The number of carbonyl (C=O) groups is 3. The van der Waals surface area contributed by atoms with Gasteiger partial charge in [0.15, 0.2) is 0 Å². The first-order chi connectivity index (χ1) is 14.6. The molecular weight excluding hydrogens is 384 g/mol. The van der Waals surface area contributed by atoms with Gasteiger partial charge in [0, 0.05) is 56.6 Å². The third-order valence-corrected chi connectivity index (χ3v) is 6.21. The number of fused-ring (bicyclic) bond motifs is 1. The Morgan fingerprint density at radius 2 is 2.10 bits per heavy atom. The fraction of sp³-hybridized carbons (Fsp3) is 0.429. The number of piperidine rings is 1. The van der Waals surface area contributed by atoms with Crippen LogP contribution >= 0.6 is 0 Å². The van der Waals surface area contributed by atoms with Crippen molar-refractivity contribution >= 4 is 17.7 Å². The summed E-state index contributed by atoms with van der Waals surface area (Å²) in [5.41, 5.74) is 2.59. The average Bonchev–Trinajstić information content (AvgIpc) is 3.47. The highest BCUT2D eigenvalue weighted by Gasteiger charge is 2.39. The molecule has 0 saturated carbocycles. The van der Waals surface area contributed by atoms with E-state index in [4.69, 9.17) is 0 Å². The van der Waals surface area contributed by atoms with Crippen molar-refractivity contribution in [2.24, 2.45) is 0 Å². The van der Waals surface area contributed by atoms with Gasteiger partial charge in [-0.25, -0.2) is 0 Å². The molecule has 3 atom stereocenters. The third-order valence-electron chi connectivity index (χ3n) is 6.21. The molecule has 3 aliphatic rings. The molecule has 156 valence electrons. The maximum Gasteiger partial charge on any atom is 0.255 e. The highest BCUT2D eigenvalue weighted by atomic mass is 16.2. The molecule has 9 nitrogen and oxygen atoms in total. The first-order valence-electron chi connectivity index (χ1n) is 10.3. The van der Waals surface area contributed by atoms with Crippen molar-refractivity contribution in [1.29, 1.82) is 0 Å². The van der Waals surface area contributed by atoms with E-state index < -0.39 is 6.04 Å². The number of nitrogens with zero attached hydrogens (tertiary/aromatic N) is 3. The molecule has 1 unspecified atom stereocenters. The second-order valence-electron chi connectivity index (χ2n) is 8.09. The number of carbonyl (C=O) groups excluding carboxylic acids is 3. The first-order valence-corrected chi connectivity index (χ1v) is 10.3. The van der Waals surface area contributed by atoms with Gasteiger partial charge in [0.2, 0.25) is 11.8 Å². The van der Waals surface area contributed by atoms with Crippen molar-refractivity contribution in [3.05, 3.63) is 53.3 Å². The lowest BCUT2D eigenvalue weighted by Gasteiger charge is -2.29. The van der Waals surface area contributed by atoms with Crippen LogP contribution in [0.1, 0.15) is 40.4 Å². The molecule has 4 heterocycles. The van der Waals surface area contributed by atoms with Crippen molar-refractivity contribution in [2.45, 2.75) is 44.1 Å². The zero-order chi connectivity index (χ0) is 20.7. The summed E-state index contributed by atoms with van der Waals surface area (Å²) in [5.74, 6) is -0.797. The van der Waals surface area contributed by atoms with Crippen molar-refractivity contribution < 1.29 is 14.4 Å². The summed E-state index contributed by atoms with van der Waals surface area (Å²) in [6.45, 7) is 2.77. The standard InChI is InChI=1S/C21H24N6O3/c28-19-5-4-17(20(29)25-19)26-12-14-3-2-13(8-15(14)21(26)30)9-23-16-10-22-11-18(16)27-7-1-6-24-27/h1-3,6-8,16-18,22-23H,4-5,9-12H2,(H,25,28,29)/t16-,17?,18+/m1/s1. The van der Waals surface area contributed by atoms with Gasteiger partial charge >= 0.3 is 0 Å². The summed E-state index contributed by atoms with van der Waals surface area (Å²) in [4.78, 5) is 38.1. The Balaban J connectivity index is 1.26. The number of rotatable bonds is 5.